The molecule has 0 heterocycles. The molecule has 1 aliphatic carbocycles. The van der Waals surface area contributed by atoms with Crippen LogP contribution < -0.4 is 0 Å². The summed E-state index contributed by atoms with van der Waals surface area (Å²) in [5.41, 5.74) is -2.44. The molecule has 1 atom stereocenters. The third kappa shape index (κ3) is 2.69. The van der Waals surface area contributed by atoms with Gasteiger partial charge in [0, 0.05) is 18.4 Å². The average Bonchev–Trinajstić information content (AvgIpc) is 2.31. The predicted molar refractivity (Wildman–Crippen MR) is 62.3 cm³/mol. The van der Waals surface area contributed by atoms with Crippen molar-refractivity contribution in [1.29, 1.82) is 0 Å². The summed E-state index contributed by atoms with van der Waals surface area (Å²) in [6.07, 6.45) is -4.20. The third-order valence-electron chi connectivity index (χ3n) is 3.61. The Morgan fingerprint density at radius 2 is 1.90 bits per heavy atom. The zero-order valence-corrected chi connectivity index (χ0v) is 10.8. The normalized spacial score (nSPS) is 20.3. The molecule has 1 aromatic carbocycles. The minimum absolute atomic E-state index is 0.164. The van der Waals surface area contributed by atoms with Gasteiger partial charge in [-0.1, -0.05) is 0 Å². The molecule has 6 heteroatoms. The van der Waals surface area contributed by atoms with Gasteiger partial charge in [0.05, 0.1) is 5.56 Å². The summed E-state index contributed by atoms with van der Waals surface area (Å²) in [7, 11) is 0. The van der Waals surface area contributed by atoms with Crippen LogP contribution in [0, 0.1) is 18.6 Å². The Hall–Kier alpha value is -1.46. The second-order valence-corrected chi connectivity index (χ2v) is 5.11. The molecule has 1 aliphatic rings. The molecule has 2 rings (SSSR count). The highest BCUT2D eigenvalue weighted by Crippen LogP contribution is 2.43. The molecule has 110 valence electrons. The topological polar surface area (TPSA) is 17.1 Å². The van der Waals surface area contributed by atoms with Crippen molar-refractivity contribution in [3.8, 4) is 0 Å². The Morgan fingerprint density at radius 1 is 1.25 bits per heavy atom. The van der Waals surface area contributed by atoms with Gasteiger partial charge in [-0.25, -0.2) is 8.78 Å². The number of benzene rings is 1. The average molecular weight is 292 g/mol. The first-order chi connectivity index (χ1) is 9.21. The van der Waals surface area contributed by atoms with Crippen LogP contribution in [0.25, 0.3) is 0 Å². The molecule has 1 saturated carbocycles. The van der Waals surface area contributed by atoms with Crippen molar-refractivity contribution in [2.24, 2.45) is 0 Å². The van der Waals surface area contributed by atoms with Gasteiger partial charge in [-0.05, 0) is 37.3 Å². The fourth-order valence-corrected chi connectivity index (χ4v) is 2.72. The molecule has 0 bridgehead atoms. The molecule has 20 heavy (non-hydrogen) atoms. The van der Waals surface area contributed by atoms with Gasteiger partial charge in [-0.15, -0.1) is 0 Å². The molecule has 1 unspecified atom stereocenters. The lowest BCUT2D eigenvalue weighted by atomic mass is 9.80. The lowest BCUT2D eigenvalue weighted by molar-refractivity contribution is -0.141. The van der Waals surface area contributed by atoms with Gasteiger partial charge < -0.3 is 0 Å². The van der Waals surface area contributed by atoms with Crippen molar-refractivity contribution in [2.45, 2.75) is 44.7 Å². The quantitative estimate of drug-likeness (QED) is 0.696. The van der Waals surface area contributed by atoms with E-state index in [0.29, 0.717) is 12.5 Å². The fourth-order valence-electron chi connectivity index (χ4n) is 2.72. The molecule has 0 N–H and O–H groups in total. The van der Waals surface area contributed by atoms with E-state index in [1.165, 1.54) is 6.92 Å². The van der Waals surface area contributed by atoms with Gasteiger partial charge in [-0.2, -0.15) is 13.2 Å². The molecule has 0 aliphatic heterocycles. The molecule has 0 saturated heterocycles. The van der Waals surface area contributed by atoms with E-state index in [2.05, 4.69) is 0 Å². The molecule has 0 aromatic heterocycles. The van der Waals surface area contributed by atoms with Gasteiger partial charge in [0.15, 0.2) is 0 Å². The van der Waals surface area contributed by atoms with Crippen molar-refractivity contribution in [3.63, 3.8) is 0 Å². The van der Waals surface area contributed by atoms with Crippen molar-refractivity contribution < 1.29 is 26.7 Å². The Balaban J connectivity index is 2.63. The number of aryl methyl sites for hydroxylation is 1. The molecule has 1 aromatic rings. The summed E-state index contributed by atoms with van der Waals surface area (Å²) in [5, 5.41) is 0. The summed E-state index contributed by atoms with van der Waals surface area (Å²) in [6, 6.07) is 0.548. The van der Waals surface area contributed by atoms with Crippen LogP contribution in [0.1, 0.15) is 48.3 Å². The number of halogens is 5. The first-order valence-electron chi connectivity index (χ1n) is 6.29. The minimum atomic E-state index is -4.98. The largest absolute Gasteiger partial charge is 0.419 e. The Labute approximate surface area is 112 Å². The number of alkyl halides is 3. The highest BCUT2D eigenvalue weighted by molar-refractivity contribution is 5.80. The zero-order valence-electron chi connectivity index (χ0n) is 10.8. The number of rotatable bonds is 1. The molecule has 1 fully saturated rings. The van der Waals surface area contributed by atoms with Gasteiger partial charge in [0.1, 0.15) is 17.4 Å². The molecular weight excluding hydrogens is 279 g/mol. The fraction of sp³-hybridized carbons (Fsp3) is 0.500. The summed E-state index contributed by atoms with van der Waals surface area (Å²) in [6.45, 7) is 1.21. The Morgan fingerprint density at radius 3 is 2.45 bits per heavy atom. The van der Waals surface area contributed by atoms with Crippen LogP contribution in [-0.2, 0) is 11.0 Å². The van der Waals surface area contributed by atoms with E-state index in [1.807, 2.05) is 0 Å². The number of hydrogen-bond acceptors (Lipinski definition) is 1. The van der Waals surface area contributed by atoms with Crippen LogP contribution >= 0.6 is 0 Å². The maximum Gasteiger partial charge on any atom is 0.419 e. The lowest BCUT2D eigenvalue weighted by Gasteiger charge is -2.26. The van der Waals surface area contributed by atoms with Gasteiger partial charge in [-0.3, -0.25) is 4.79 Å². The summed E-state index contributed by atoms with van der Waals surface area (Å²) in [4.78, 5) is 11.4. The van der Waals surface area contributed by atoms with Crippen LogP contribution in [0.4, 0.5) is 22.0 Å². The van der Waals surface area contributed by atoms with E-state index in [0.717, 1.165) is 0 Å². The second-order valence-electron chi connectivity index (χ2n) is 5.11. The van der Waals surface area contributed by atoms with Crippen LogP contribution in [0.2, 0.25) is 0 Å². The van der Waals surface area contributed by atoms with E-state index < -0.39 is 34.9 Å². The summed E-state index contributed by atoms with van der Waals surface area (Å²) in [5.74, 6) is -3.65. The first kappa shape index (κ1) is 14.9. The SMILES string of the molecule is Cc1cc(F)c(C(F)(F)F)c(C2CCCC(=O)C2)c1F. The van der Waals surface area contributed by atoms with Gasteiger partial charge >= 0.3 is 6.18 Å². The number of carbonyl (C=O) groups is 1. The van der Waals surface area contributed by atoms with Crippen LogP contribution in [0.3, 0.4) is 0 Å². The second kappa shape index (κ2) is 5.14. The molecule has 0 spiro atoms. The summed E-state index contributed by atoms with van der Waals surface area (Å²) >= 11 is 0. The number of hydrogen-bond donors (Lipinski definition) is 0. The first-order valence-corrected chi connectivity index (χ1v) is 6.29. The zero-order chi connectivity index (χ0) is 15.1. The molecule has 0 amide bonds. The monoisotopic (exact) mass is 292 g/mol. The highest BCUT2D eigenvalue weighted by Gasteiger charge is 2.41. The van der Waals surface area contributed by atoms with E-state index in [9.17, 15) is 26.7 Å². The van der Waals surface area contributed by atoms with Crippen LogP contribution in [0.15, 0.2) is 6.07 Å². The highest BCUT2D eigenvalue weighted by atomic mass is 19.4. The minimum Gasteiger partial charge on any atom is -0.300 e. The standard InChI is InChI=1S/C14H13F5O/c1-7-5-10(15)12(14(17,18)19)11(13(7)16)8-3-2-4-9(20)6-8/h5,8H,2-4,6H2,1H3. The number of ketones is 1. The van der Waals surface area contributed by atoms with E-state index in [1.54, 1.807) is 0 Å². The van der Waals surface area contributed by atoms with Crippen LogP contribution in [-0.4, -0.2) is 5.78 Å². The van der Waals surface area contributed by atoms with Crippen molar-refractivity contribution >= 4 is 5.78 Å². The molecular formula is C14H13F5O. The Kier molecular flexibility index (Phi) is 3.84. The van der Waals surface area contributed by atoms with E-state index in [-0.39, 0.29) is 30.6 Å². The Bertz CT molecular complexity index is 547. The maximum absolute atomic E-state index is 14.1. The summed E-state index contributed by atoms with van der Waals surface area (Å²) < 4.78 is 66.7. The van der Waals surface area contributed by atoms with E-state index >= 15 is 0 Å². The van der Waals surface area contributed by atoms with Crippen molar-refractivity contribution in [3.05, 3.63) is 34.4 Å². The third-order valence-corrected chi connectivity index (χ3v) is 3.61. The lowest BCUT2D eigenvalue weighted by Crippen LogP contribution is -2.21. The number of carbonyl (C=O) groups excluding carboxylic acids is 1. The predicted octanol–water partition coefficient (Wildman–Crippen LogP) is 4.52. The van der Waals surface area contributed by atoms with Crippen molar-refractivity contribution in [1.82, 2.24) is 0 Å². The maximum atomic E-state index is 14.1. The smallest absolute Gasteiger partial charge is 0.300 e. The van der Waals surface area contributed by atoms with Crippen molar-refractivity contribution in [2.75, 3.05) is 0 Å². The molecule has 1 nitrogen and oxygen atoms in total. The molecule has 0 radical (unpaired) electrons. The van der Waals surface area contributed by atoms with Gasteiger partial charge in [0.25, 0.3) is 0 Å². The van der Waals surface area contributed by atoms with Gasteiger partial charge in [0.2, 0.25) is 0 Å². The van der Waals surface area contributed by atoms with Crippen LogP contribution in [0.5, 0.6) is 0 Å². The van der Waals surface area contributed by atoms with E-state index in [4.69, 9.17) is 0 Å². The number of Topliss-reactive ketones (excluding diaryl/α,β-unsaturated/α-hetero) is 1.